The van der Waals surface area contributed by atoms with E-state index in [9.17, 15) is 14.4 Å². The normalized spacial score (nSPS) is 11.2. The van der Waals surface area contributed by atoms with Gasteiger partial charge < -0.3 is 24.4 Å². The van der Waals surface area contributed by atoms with Crippen molar-refractivity contribution in [2.24, 2.45) is 0 Å². The molecule has 0 bridgehead atoms. The fourth-order valence-corrected chi connectivity index (χ4v) is 2.68. The van der Waals surface area contributed by atoms with Crippen molar-refractivity contribution in [3.05, 3.63) is 53.6 Å². The van der Waals surface area contributed by atoms with Gasteiger partial charge in [0, 0.05) is 12.7 Å². The van der Waals surface area contributed by atoms with Gasteiger partial charge in [-0.2, -0.15) is 0 Å². The molecule has 2 aromatic rings. The van der Waals surface area contributed by atoms with Crippen LogP contribution in [0.15, 0.2) is 42.5 Å². The van der Waals surface area contributed by atoms with Crippen molar-refractivity contribution in [3.8, 4) is 11.5 Å². The molecular formula is C22H26N2O6. The van der Waals surface area contributed by atoms with Crippen LogP contribution in [-0.2, 0) is 14.3 Å². The van der Waals surface area contributed by atoms with Gasteiger partial charge in [-0.25, -0.2) is 4.79 Å². The van der Waals surface area contributed by atoms with Crippen LogP contribution in [0.4, 0.5) is 5.69 Å². The molecule has 0 saturated heterocycles. The van der Waals surface area contributed by atoms with Gasteiger partial charge in [-0.15, -0.1) is 0 Å². The Morgan fingerprint density at radius 2 is 1.63 bits per heavy atom. The Labute approximate surface area is 175 Å². The molecule has 0 aliphatic carbocycles. The lowest BCUT2D eigenvalue weighted by atomic mass is 10.2. The quantitative estimate of drug-likeness (QED) is 0.668. The van der Waals surface area contributed by atoms with Gasteiger partial charge in [0.05, 0.1) is 26.3 Å². The number of methoxy groups -OCH3 is 2. The molecule has 1 N–H and O–H groups in total. The first-order valence-corrected chi connectivity index (χ1v) is 9.29. The summed E-state index contributed by atoms with van der Waals surface area (Å²) in [5.74, 6) is -0.696. The predicted molar refractivity (Wildman–Crippen MR) is 112 cm³/mol. The van der Waals surface area contributed by atoms with Gasteiger partial charge in [0.15, 0.2) is 17.6 Å². The van der Waals surface area contributed by atoms with Crippen molar-refractivity contribution in [1.29, 1.82) is 0 Å². The second kappa shape index (κ2) is 10.3. The van der Waals surface area contributed by atoms with Crippen molar-refractivity contribution in [1.82, 2.24) is 4.90 Å². The van der Waals surface area contributed by atoms with Crippen LogP contribution in [0.5, 0.6) is 11.5 Å². The summed E-state index contributed by atoms with van der Waals surface area (Å²) in [6.07, 6.45) is -1.07. The average Bonchev–Trinajstić information content (AvgIpc) is 2.73. The van der Waals surface area contributed by atoms with Crippen LogP contribution in [0.25, 0.3) is 0 Å². The Bertz CT molecular complexity index is 910. The first-order valence-electron chi connectivity index (χ1n) is 9.29. The molecule has 0 spiro atoms. The molecule has 2 aromatic carbocycles. The number of nitrogens with one attached hydrogen (secondary N) is 1. The SMILES string of the molecule is COc1ccc(C(=O)O[C@H](C)C(=O)N(C)CC(=O)Nc2ccc(C)cc2)cc1OC. The third-order valence-electron chi connectivity index (χ3n) is 4.34. The maximum absolute atomic E-state index is 12.5. The van der Waals surface area contributed by atoms with Gasteiger partial charge in [0.1, 0.15) is 0 Å². The number of amides is 2. The molecule has 30 heavy (non-hydrogen) atoms. The number of hydrogen-bond acceptors (Lipinski definition) is 6. The third-order valence-corrected chi connectivity index (χ3v) is 4.34. The topological polar surface area (TPSA) is 94.2 Å². The van der Waals surface area contributed by atoms with Crippen molar-refractivity contribution >= 4 is 23.5 Å². The predicted octanol–water partition coefficient (Wildman–Crippen LogP) is 2.65. The summed E-state index contributed by atoms with van der Waals surface area (Å²) in [5.41, 5.74) is 1.93. The monoisotopic (exact) mass is 414 g/mol. The van der Waals surface area contributed by atoms with E-state index in [-0.39, 0.29) is 18.0 Å². The van der Waals surface area contributed by atoms with E-state index in [4.69, 9.17) is 14.2 Å². The maximum Gasteiger partial charge on any atom is 0.339 e. The smallest absolute Gasteiger partial charge is 0.339 e. The van der Waals surface area contributed by atoms with E-state index in [1.54, 1.807) is 18.2 Å². The number of carbonyl (C=O) groups excluding carboxylic acids is 3. The number of hydrogen-bond donors (Lipinski definition) is 1. The molecule has 0 aliphatic rings. The molecule has 2 amide bonds. The molecule has 8 nitrogen and oxygen atoms in total. The molecule has 0 fully saturated rings. The Morgan fingerprint density at radius 1 is 1.00 bits per heavy atom. The van der Waals surface area contributed by atoms with Crippen LogP contribution in [0.1, 0.15) is 22.8 Å². The summed E-state index contributed by atoms with van der Waals surface area (Å²) < 4.78 is 15.5. The molecule has 0 aliphatic heterocycles. The first kappa shape index (κ1) is 22.7. The van der Waals surface area contributed by atoms with E-state index in [0.717, 1.165) is 5.56 Å². The van der Waals surface area contributed by atoms with Gasteiger partial charge in [-0.3, -0.25) is 9.59 Å². The maximum atomic E-state index is 12.5. The van der Waals surface area contributed by atoms with Gasteiger partial charge in [-0.05, 0) is 44.2 Å². The third kappa shape index (κ3) is 5.97. The summed E-state index contributed by atoms with van der Waals surface area (Å²) >= 11 is 0. The summed E-state index contributed by atoms with van der Waals surface area (Å²) in [6.45, 7) is 3.23. The van der Waals surface area contributed by atoms with E-state index < -0.39 is 18.0 Å². The van der Waals surface area contributed by atoms with Crippen LogP contribution >= 0.6 is 0 Å². The lowest BCUT2D eigenvalue weighted by molar-refractivity contribution is -0.140. The average molecular weight is 414 g/mol. The largest absolute Gasteiger partial charge is 0.493 e. The number of carbonyl (C=O) groups is 3. The summed E-state index contributed by atoms with van der Waals surface area (Å²) in [4.78, 5) is 38.2. The highest BCUT2D eigenvalue weighted by molar-refractivity contribution is 5.96. The summed E-state index contributed by atoms with van der Waals surface area (Å²) in [7, 11) is 4.41. The number of anilines is 1. The van der Waals surface area contributed by atoms with Gasteiger partial charge in [0.25, 0.3) is 5.91 Å². The number of aryl methyl sites for hydroxylation is 1. The lowest BCUT2D eigenvalue weighted by Crippen LogP contribution is -2.41. The Morgan fingerprint density at radius 3 is 2.23 bits per heavy atom. The minimum atomic E-state index is -1.07. The van der Waals surface area contributed by atoms with Crippen LogP contribution in [0.2, 0.25) is 0 Å². The number of esters is 1. The van der Waals surface area contributed by atoms with Crippen LogP contribution < -0.4 is 14.8 Å². The highest BCUT2D eigenvalue weighted by atomic mass is 16.5. The number of benzene rings is 2. The molecule has 2 rings (SSSR count). The molecular weight excluding hydrogens is 388 g/mol. The Balaban J connectivity index is 1.93. The lowest BCUT2D eigenvalue weighted by Gasteiger charge is -2.21. The molecule has 0 aromatic heterocycles. The van der Waals surface area contributed by atoms with Crippen molar-refractivity contribution in [2.45, 2.75) is 20.0 Å². The van der Waals surface area contributed by atoms with Gasteiger partial charge in [-0.1, -0.05) is 17.7 Å². The molecule has 160 valence electrons. The molecule has 1 atom stereocenters. The number of ether oxygens (including phenoxy) is 3. The zero-order chi connectivity index (χ0) is 22.3. The van der Waals surface area contributed by atoms with Crippen molar-refractivity contribution in [2.75, 3.05) is 33.1 Å². The highest BCUT2D eigenvalue weighted by Crippen LogP contribution is 2.28. The number of rotatable bonds is 8. The second-order valence-corrected chi connectivity index (χ2v) is 6.73. The van der Waals surface area contributed by atoms with E-state index in [0.29, 0.717) is 17.2 Å². The van der Waals surface area contributed by atoms with Crippen molar-refractivity contribution < 1.29 is 28.6 Å². The minimum Gasteiger partial charge on any atom is -0.493 e. The molecule has 8 heteroatoms. The van der Waals surface area contributed by atoms with Crippen molar-refractivity contribution in [3.63, 3.8) is 0 Å². The van der Waals surface area contributed by atoms with Gasteiger partial charge in [0.2, 0.25) is 5.91 Å². The van der Waals surface area contributed by atoms with E-state index >= 15 is 0 Å². The second-order valence-electron chi connectivity index (χ2n) is 6.73. The highest BCUT2D eigenvalue weighted by Gasteiger charge is 2.24. The summed E-state index contributed by atoms with van der Waals surface area (Å²) in [6, 6.07) is 11.9. The number of nitrogens with zero attached hydrogens (tertiary/aromatic N) is 1. The van der Waals surface area contributed by atoms with Gasteiger partial charge >= 0.3 is 5.97 Å². The van der Waals surface area contributed by atoms with Crippen LogP contribution in [-0.4, -0.2) is 56.6 Å². The van der Waals surface area contributed by atoms with E-state index in [1.807, 2.05) is 19.1 Å². The summed E-state index contributed by atoms with van der Waals surface area (Å²) in [5, 5.41) is 2.72. The number of likely N-dealkylation sites (N-methyl/N-ethyl adjacent to an activating group) is 1. The Hall–Kier alpha value is -3.55. The fourth-order valence-electron chi connectivity index (χ4n) is 2.68. The van der Waals surface area contributed by atoms with E-state index in [2.05, 4.69) is 5.32 Å². The van der Waals surface area contributed by atoms with Crippen LogP contribution in [0, 0.1) is 6.92 Å². The minimum absolute atomic E-state index is 0.176. The fraction of sp³-hybridized carbons (Fsp3) is 0.318. The molecule has 0 heterocycles. The standard InChI is InChI=1S/C22H26N2O6/c1-14-6-9-17(10-7-14)23-20(25)13-24(3)21(26)15(2)30-22(27)16-8-11-18(28-4)19(12-16)29-5/h6-12,15H,13H2,1-5H3,(H,23,25)/t15-/m1/s1. The first-order chi connectivity index (χ1) is 14.2. The molecule has 0 unspecified atom stereocenters. The molecule has 0 radical (unpaired) electrons. The Kier molecular flexibility index (Phi) is 7.80. The zero-order valence-corrected chi connectivity index (χ0v) is 17.7. The van der Waals surface area contributed by atoms with Crippen LogP contribution in [0.3, 0.4) is 0 Å². The zero-order valence-electron chi connectivity index (χ0n) is 17.7. The van der Waals surface area contributed by atoms with E-state index in [1.165, 1.54) is 45.2 Å². The molecule has 0 saturated carbocycles.